The molecule has 0 saturated carbocycles. The zero-order valence-corrected chi connectivity index (χ0v) is 14.6. The van der Waals surface area contributed by atoms with Crippen molar-refractivity contribution in [3.05, 3.63) is 42.4 Å². The Balaban J connectivity index is 2.02. The molecule has 0 atom stereocenters. The number of nitrogens with one attached hydrogen (secondary N) is 1. The van der Waals surface area contributed by atoms with E-state index in [0.717, 1.165) is 4.31 Å². The van der Waals surface area contributed by atoms with Crippen molar-refractivity contribution in [1.82, 2.24) is 30.8 Å². The molecule has 0 aliphatic heterocycles. The van der Waals surface area contributed by atoms with Crippen molar-refractivity contribution in [2.24, 2.45) is 0 Å². The fourth-order valence-electron chi connectivity index (χ4n) is 2.24. The van der Waals surface area contributed by atoms with Gasteiger partial charge < -0.3 is 10.5 Å². The summed E-state index contributed by atoms with van der Waals surface area (Å²) in [5.74, 6) is 0.702. The maximum Gasteiger partial charge on any atom is 0.265 e. The van der Waals surface area contributed by atoms with Crippen LogP contribution in [-0.4, -0.2) is 52.9 Å². The van der Waals surface area contributed by atoms with Crippen molar-refractivity contribution in [1.29, 1.82) is 0 Å². The topological polar surface area (TPSA) is 153 Å². The molecule has 0 fully saturated rings. The van der Waals surface area contributed by atoms with Gasteiger partial charge in [-0.1, -0.05) is 5.21 Å². The number of nitrogens with zero attached hydrogens (tertiary/aromatic N) is 6. The lowest BCUT2D eigenvalue weighted by Crippen LogP contribution is -2.34. The minimum absolute atomic E-state index is 0.0152. The first-order chi connectivity index (χ1) is 12.5. The normalized spacial score (nSPS) is 11.3. The molecule has 2 heterocycles. The lowest BCUT2D eigenvalue weighted by molar-refractivity contribution is 0.412. The van der Waals surface area contributed by atoms with E-state index in [9.17, 15) is 8.42 Å². The van der Waals surface area contributed by atoms with Gasteiger partial charge in [0, 0.05) is 24.7 Å². The highest BCUT2D eigenvalue weighted by Crippen LogP contribution is 2.29. The summed E-state index contributed by atoms with van der Waals surface area (Å²) in [6, 6.07) is 7.40. The van der Waals surface area contributed by atoms with Gasteiger partial charge in [0.15, 0.2) is 11.6 Å². The van der Waals surface area contributed by atoms with Crippen molar-refractivity contribution in [2.45, 2.75) is 11.3 Å². The van der Waals surface area contributed by atoms with Crippen LogP contribution in [0.25, 0.3) is 0 Å². The van der Waals surface area contributed by atoms with Gasteiger partial charge in [0.05, 0.1) is 18.2 Å². The van der Waals surface area contributed by atoms with Gasteiger partial charge in [0.1, 0.15) is 0 Å². The Hall–Kier alpha value is -3.28. The second kappa shape index (κ2) is 7.31. The third-order valence-electron chi connectivity index (χ3n) is 3.52. The van der Waals surface area contributed by atoms with Gasteiger partial charge in [-0.15, -0.1) is 15.3 Å². The monoisotopic (exact) mass is 376 g/mol. The molecule has 0 unspecified atom stereocenters. The number of aromatic nitrogens is 6. The summed E-state index contributed by atoms with van der Waals surface area (Å²) in [4.78, 5) is 0.0625. The van der Waals surface area contributed by atoms with E-state index < -0.39 is 10.0 Å². The Kier molecular flexibility index (Phi) is 4.93. The molecule has 3 N–H and O–H groups in total. The molecule has 0 spiro atoms. The molecule has 3 rings (SSSR count). The Morgan fingerprint density at radius 2 is 1.96 bits per heavy atom. The third-order valence-corrected chi connectivity index (χ3v) is 5.32. The maximum absolute atomic E-state index is 13.2. The van der Waals surface area contributed by atoms with Gasteiger partial charge in [-0.3, -0.25) is 0 Å². The number of hydrogen-bond acceptors (Lipinski definition) is 9. The number of aromatic amines is 1. The van der Waals surface area contributed by atoms with Gasteiger partial charge in [-0.25, -0.2) is 12.7 Å². The molecule has 1 aromatic carbocycles. The van der Waals surface area contributed by atoms with Crippen LogP contribution in [0.4, 0.5) is 11.5 Å². The first kappa shape index (κ1) is 17.5. The van der Waals surface area contributed by atoms with Crippen molar-refractivity contribution < 1.29 is 13.2 Å². The van der Waals surface area contributed by atoms with E-state index in [-0.39, 0.29) is 29.4 Å². The number of methoxy groups -OCH3 is 1. The van der Waals surface area contributed by atoms with E-state index in [0.29, 0.717) is 11.5 Å². The Morgan fingerprint density at radius 1 is 1.19 bits per heavy atom. The van der Waals surface area contributed by atoms with E-state index >= 15 is 0 Å². The average molecular weight is 376 g/mol. The van der Waals surface area contributed by atoms with Crippen LogP contribution in [0, 0.1) is 0 Å². The molecule has 0 aliphatic carbocycles. The molecule has 136 valence electrons. The highest BCUT2D eigenvalue weighted by Gasteiger charge is 2.29. The fourth-order valence-corrected chi connectivity index (χ4v) is 3.66. The number of sulfonamides is 1. The molecular formula is C14H16N8O3S. The Labute approximate surface area is 149 Å². The first-order valence-corrected chi connectivity index (χ1v) is 8.92. The molecule has 0 bridgehead atoms. The third kappa shape index (κ3) is 3.54. The highest BCUT2D eigenvalue weighted by atomic mass is 32.2. The number of H-pyrrole nitrogens is 1. The number of hydrogen-bond donors (Lipinski definition) is 2. The summed E-state index contributed by atoms with van der Waals surface area (Å²) < 4.78 is 32.7. The van der Waals surface area contributed by atoms with E-state index in [1.807, 2.05) is 0 Å². The van der Waals surface area contributed by atoms with Crippen LogP contribution >= 0.6 is 0 Å². The van der Waals surface area contributed by atoms with Crippen LogP contribution in [0.5, 0.6) is 5.75 Å². The van der Waals surface area contributed by atoms with E-state index in [1.165, 1.54) is 43.6 Å². The fraction of sp³-hybridized carbons (Fsp3) is 0.214. The van der Waals surface area contributed by atoms with Crippen LogP contribution < -0.4 is 14.8 Å². The standard InChI is InChI=1S/C14H16N8O3S/c1-25-12-6-8-16-19-14(12)22(9-7-13-17-20-21-18-13)26(23,24)11-4-2-10(15)3-5-11/h2-6,8H,7,9,15H2,1H3,(H,17,18,20,21). The van der Waals surface area contributed by atoms with Gasteiger partial charge in [0.2, 0.25) is 5.82 Å². The maximum atomic E-state index is 13.2. The molecule has 12 heteroatoms. The quantitative estimate of drug-likeness (QED) is 0.543. The number of benzene rings is 1. The number of rotatable bonds is 7. The van der Waals surface area contributed by atoms with Gasteiger partial charge in [-0.2, -0.15) is 10.3 Å². The van der Waals surface area contributed by atoms with Crippen LogP contribution in [0.3, 0.4) is 0 Å². The molecule has 0 amide bonds. The lowest BCUT2D eigenvalue weighted by Gasteiger charge is -2.23. The first-order valence-electron chi connectivity index (χ1n) is 7.48. The summed E-state index contributed by atoms with van der Waals surface area (Å²) in [5.41, 5.74) is 6.11. The summed E-state index contributed by atoms with van der Waals surface area (Å²) in [6.45, 7) is 0.0152. The van der Waals surface area contributed by atoms with Crippen molar-refractivity contribution in [2.75, 3.05) is 23.7 Å². The zero-order chi connectivity index (χ0) is 18.6. The molecule has 3 aromatic rings. The Bertz CT molecular complexity index is 960. The summed E-state index contributed by atoms with van der Waals surface area (Å²) in [5, 5.41) is 21.2. The summed E-state index contributed by atoms with van der Waals surface area (Å²) >= 11 is 0. The number of ether oxygens (including phenoxy) is 1. The predicted molar refractivity (Wildman–Crippen MR) is 91.9 cm³/mol. The molecule has 0 radical (unpaired) electrons. The SMILES string of the molecule is COc1ccnnc1N(CCc1nn[nH]n1)S(=O)(=O)c1ccc(N)cc1. The molecule has 26 heavy (non-hydrogen) atoms. The number of tetrazole rings is 1. The van der Waals surface area contributed by atoms with Gasteiger partial charge >= 0.3 is 0 Å². The average Bonchev–Trinajstić information content (AvgIpc) is 3.16. The van der Waals surface area contributed by atoms with E-state index in [2.05, 4.69) is 30.8 Å². The number of anilines is 2. The van der Waals surface area contributed by atoms with E-state index in [4.69, 9.17) is 10.5 Å². The van der Waals surface area contributed by atoms with Crippen molar-refractivity contribution >= 4 is 21.5 Å². The summed E-state index contributed by atoms with van der Waals surface area (Å²) in [6.07, 6.45) is 1.62. The second-order valence-corrected chi connectivity index (χ2v) is 7.01. The molecular weight excluding hydrogens is 360 g/mol. The molecule has 2 aromatic heterocycles. The molecule has 0 saturated heterocycles. The van der Waals surface area contributed by atoms with Gasteiger partial charge in [-0.05, 0) is 24.3 Å². The molecule has 11 nitrogen and oxygen atoms in total. The van der Waals surface area contributed by atoms with Crippen LogP contribution in [-0.2, 0) is 16.4 Å². The number of nitrogens with two attached hydrogens (primary N) is 1. The highest BCUT2D eigenvalue weighted by molar-refractivity contribution is 7.92. The second-order valence-electron chi connectivity index (χ2n) is 5.15. The Morgan fingerprint density at radius 3 is 2.62 bits per heavy atom. The van der Waals surface area contributed by atoms with Gasteiger partial charge in [0.25, 0.3) is 10.0 Å². The minimum Gasteiger partial charge on any atom is -0.493 e. The van der Waals surface area contributed by atoms with Crippen LogP contribution in [0.2, 0.25) is 0 Å². The van der Waals surface area contributed by atoms with Crippen LogP contribution in [0.1, 0.15) is 5.82 Å². The van der Waals surface area contributed by atoms with Crippen LogP contribution in [0.15, 0.2) is 41.4 Å². The summed E-state index contributed by atoms with van der Waals surface area (Å²) in [7, 11) is -2.52. The van der Waals surface area contributed by atoms with E-state index in [1.54, 1.807) is 0 Å². The zero-order valence-electron chi connectivity index (χ0n) is 13.8. The van der Waals surface area contributed by atoms with Crippen molar-refractivity contribution in [3.8, 4) is 5.75 Å². The van der Waals surface area contributed by atoms with Crippen molar-refractivity contribution in [3.63, 3.8) is 0 Å². The number of nitrogen functional groups attached to an aromatic ring is 1. The minimum atomic E-state index is -3.95. The predicted octanol–water partition coefficient (Wildman–Crippen LogP) is 0.0185. The lowest BCUT2D eigenvalue weighted by atomic mass is 10.3. The molecule has 0 aliphatic rings. The smallest absolute Gasteiger partial charge is 0.265 e. The largest absolute Gasteiger partial charge is 0.493 e.